The normalized spacial score (nSPS) is 14.2. The number of hydrogen-bond donors (Lipinski definition) is 1. The van der Waals surface area contributed by atoms with Crippen LogP contribution in [0.15, 0.2) is 42.5 Å². The second-order valence-electron chi connectivity index (χ2n) is 6.84. The summed E-state index contributed by atoms with van der Waals surface area (Å²) in [6.07, 6.45) is 1.42. The summed E-state index contributed by atoms with van der Waals surface area (Å²) in [5, 5.41) is 3.05. The lowest BCUT2D eigenvalue weighted by molar-refractivity contribution is 0.0698. The van der Waals surface area contributed by atoms with Crippen molar-refractivity contribution in [3.63, 3.8) is 0 Å². The van der Waals surface area contributed by atoms with E-state index in [4.69, 9.17) is 14.2 Å². The number of rotatable bonds is 6. The number of carbonyl (C=O) groups excluding carboxylic acids is 2. The second-order valence-corrected chi connectivity index (χ2v) is 6.84. The molecule has 7 heteroatoms. The summed E-state index contributed by atoms with van der Waals surface area (Å²) < 4.78 is 15.6. The van der Waals surface area contributed by atoms with Gasteiger partial charge in [0, 0.05) is 30.3 Å². The van der Waals surface area contributed by atoms with Gasteiger partial charge < -0.3 is 24.4 Å². The highest BCUT2D eigenvalue weighted by molar-refractivity contribution is 5.95. The fourth-order valence-electron chi connectivity index (χ4n) is 3.39. The van der Waals surface area contributed by atoms with Crippen molar-refractivity contribution < 1.29 is 23.8 Å². The smallest absolute Gasteiger partial charge is 0.253 e. The minimum atomic E-state index is -0.161. The Labute approximate surface area is 170 Å². The Hall–Kier alpha value is -3.22. The molecular formula is C22H26N2O5. The first-order valence-electron chi connectivity index (χ1n) is 9.52. The van der Waals surface area contributed by atoms with Crippen LogP contribution >= 0.6 is 0 Å². The minimum Gasteiger partial charge on any atom is -0.497 e. The fraction of sp³-hybridized carbons (Fsp3) is 0.364. The van der Waals surface area contributed by atoms with E-state index in [-0.39, 0.29) is 17.9 Å². The molecule has 0 aromatic heterocycles. The van der Waals surface area contributed by atoms with E-state index in [2.05, 4.69) is 5.32 Å². The number of benzene rings is 2. The van der Waals surface area contributed by atoms with Gasteiger partial charge in [-0.15, -0.1) is 0 Å². The summed E-state index contributed by atoms with van der Waals surface area (Å²) in [7, 11) is 4.69. The first kappa shape index (κ1) is 20.5. The third kappa shape index (κ3) is 4.80. The molecule has 0 bridgehead atoms. The highest BCUT2D eigenvalue weighted by atomic mass is 16.5. The van der Waals surface area contributed by atoms with Crippen molar-refractivity contribution >= 4 is 11.8 Å². The second kappa shape index (κ2) is 9.32. The molecule has 1 heterocycles. The van der Waals surface area contributed by atoms with E-state index in [0.29, 0.717) is 48.6 Å². The van der Waals surface area contributed by atoms with Crippen molar-refractivity contribution in [1.82, 2.24) is 10.2 Å². The SMILES string of the molecule is COc1ccc(C(=O)N2CCC(NC(=O)c3ccc(OC)c(OC)c3)CC2)cc1. The Balaban J connectivity index is 1.55. The first-order valence-corrected chi connectivity index (χ1v) is 9.52. The monoisotopic (exact) mass is 398 g/mol. The molecule has 0 unspecified atom stereocenters. The Kier molecular flexibility index (Phi) is 6.59. The van der Waals surface area contributed by atoms with Crippen molar-refractivity contribution in [2.24, 2.45) is 0 Å². The molecule has 1 aliphatic rings. The molecule has 1 N–H and O–H groups in total. The van der Waals surface area contributed by atoms with Crippen molar-refractivity contribution in [3.05, 3.63) is 53.6 Å². The standard InChI is InChI=1S/C22H26N2O5/c1-27-18-7-4-15(5-8-18)22(26)24-12-10-17(11-13-24)23-21(25)16-6-9-19(28-2)20(14-16)29-3/h4-9,14,17H,10-13H2,1-3H3,(H,23,25). The first-order chi connectivity index (χ1) is 14.0. The Morgan fingerprint density at radius 3 is 2.07 bits per heavy atom. The van der Waals surface area contributed by atoms with Gasteiger partial charge in [-0.3, -0.25) is 9.59 Å². The third-order valence-electron chi connectivity index (χ3n) is 5.10. The van der Waals surface area contributed by atoms with Crippen LogP contribution in [0.1, 0.15) is 33.6 Å². The van der Waals surface area contributed by atoms with Crippen molar-refractivity contribution in [2.45, 2.75) is 18.9 Å². The van der Waals surface area contributed by atoms with Gasteiger partial charge in [0.2, 0.25) is 0 Å². The Morgan fingerprint density at radius 1 is 0.862 bits per heavy atom. The molecule has 2 amide bonds. The van der Waals surface area contributed by atoms with Crippen LogP contribution in [0.5, 0.6) is 17.2 Å². The van der Waals surface area contributed by atoms with Crippen LogP contribution in [-0.4, -0.2) is 57.2 Å². The van der Waals surface area contributed by atoms with Crippen LogP contribution in [-0.2, 0) is 0 Å². The molecule has 0 saturated carbocycles. The molecule has 3 rings (SSSR count). The molecule has 29 heavy (non-hydrogen) atoms. The minimum absolute atomic E-state index is 0.00248. The van der Waals surface area contributed by atoms with E-state index < -0.39 is 0 Å². The zero-order chi connectivity index (χ0) is 20.8. The number of carbonyl (C=O) groups is 2. The fourth-order valence-corrected chi connectivity index (χ4v) is 3.39. The lowest BCUT2D eigenvalue weighted by atomic mass is 10.0. The number of methoxy groups -OCH3 is 3. The van der Waals surface area contributed by atoms with Gasteiger partial charge >= 0.3 is 0 Å². The molecule has 2 aromatic rings. The maximum Gasteiger partial charge on any atom is 0.253 e. The zero-order valence-corrected chi connectivity index (χ0v) is 16.9. The van der Waals surface area contributed by atoms with Crippen LogP contribution in [0.2, 0.25) is 0 Å². The van der Waals surface area contributed by atoms with Gasteiger partial charge in [-0.05, 0) is 55.3 Å². The summed E-state index contributed by atoms with van der Waals surface area (Å²) in [4.78, 5) is 27.1. The number of nitrogens with one attached hydrogen (secondary N) is 1. The lowest BCUT2D eigenvalue weighted by Gasteiger charge is -2.32. The highest BCUT2D eigenvalue weighted by Gasteiger charge is 2.25. The summed E-state index contributed by atoms with van der Waals surface area (Å²) >= 11 is 0. The maximum atomic E-state index is 12.7. The number of amides is 2. The van der Waals surface area contributed by atoms with Crippen LogP contribution in [0.4, 0.5) is 0 Å². The van der Waals surface area contributed by atoms with Crippen LogP contribution in [0, 0.1) is 0 Å². The predicted molar refractivity (Wildman–Crippen MR) is 109 cm³/mol. The largest absolute Gasteiger partial charge is 0.497 e. The van der Waals surface area contributed by atoms with E-state index in [1.165, 1.54) is 7.11 Å². The summed E-state index contributed by atoms with van der Waals surface area (Å²) in [6.45, 7) is 1.20. The summed E-state index contributed by atoms with van der Waals surface area (Å²) in [5.74, 6) is 1.65. The van der Waals surface area contributed by atoms with E-state index in [1.54, 1.807) is 56.7 Å². The van der Waals surface area contributed by atoms with Crippen molar-refractivity contribution in [2.75, 3.05) is 34.4 Å². The number of nitrogens with zero attached hydrogens (tertiary/aromatic N) is 1. The third-order valence-corrected chi connectivity index (χ3v) is 5.10. The number of likely N-dealkylation sites (tertiary alicyclic amines) is 1. The van der Waals surface area contributed by atoms with E-state index in [0.717, 1.165) is 5.75 Å². The molecule has 1 saturated heterocycles. The van der Waals surface area contributed by atoms with Gasteiger partial charge in [-0.25, -0.2) is 0 Å². The van der Waals surface area contributed by atoms with Gasteiger partial charge in [0.05, 0.1) is 21.3 Å². The molecule has 7 nitrogen and oxygen atoms in total. The van der Waals surface area contributed by atoms with E-state index in [9.17, 15) is 9.59 Å². The van der Waals surface area contributed by atoms with Gasteiger partial charge in [0.1, 0.15) is 5.75 Å². The van der Waals surface area contributed by atoms with Gasteiger partial charge in [0.15, 0.2) is 11.5 Å². The van der Waals surface area contributed by atoms with E-state index in [1.807, 2.05) is 4.90 Å². The van der Waals surface area contributed by atoms with Crippen molar-refractivity contribution in [1.29, 1.82) is 0 Å². The summed E-state index contributed by atoms with van der Waals surface area (Å²) in [5.41, 5.74) is 1.15. The van der Waals surface area contributed by atoms with Crippen LogP contribution in [0.3, 0.4) is 0 Å². The molecule has 1 aliphatic heterocycles. The molecule has 0 radical (unpaired) electrons. The van der Waals surface area contributed by atoms with Gasteiger partial charge in [0.25, 0.3) is 11.8 Å². The molecule has 1 fully saturated rings. The van der Waals surface area contributed by atoms with E-state index >= 15 is 0 Å². The predicted octanol–water partition coefficient (Wildman–Crippen LogP) is 2.75. The highest BCUT2D eigenvalue weighted by Crippen LogP contribution is 2.27. The Bertz CT molecular complexity index is 858. The quantitative estimate of drug-likeness (QED) is 0.810. The lowest BCUT2D eigenvalue weighted by Crippen LogP contribution is -2.46. The zero-order valence-electron chi connectivity index (χ0n) is 16.9. The number of piperidine rings is 1. The number of ether oxygens (including phenoxy) is 3. The summed E-state index contributed by atoms with van der Waals surface area (Å²) in [6, 6.07) is 12.2. The number of hydrogen-bond acceptors (Lipinski definition) is 5. The van der Waals surface area contributed by atoms with Gasteiger partial charge in [-0.1, -0.05) is 0 Å². The molecule has 154 valence electrons. The van der Waals surface area contributed by atoms with Crippen LogP contribution < -0.4 is 19.5 Å². The van der Waals surface area contributed by atoms with Crippen LogP contribution in [0.25, 0.3) is 0 Å². The molecule has 2 aromatic carbocycles. The molecule has 0 aliphatic carbocycles. The molecular weight excluding hydrogens is 372 g/mol. The topological polar surface area (TPSA) is 77.1 Å². The Morgan fingerprint density at radius 2 is 1.48 bits per heavy atom. The molecule has 0 atom stereocenters. The van der Waals surface area contributed by atoms with Crippen molar-refractivity contribution in [3.8, 4) is 17.2 Å². The molecule has 0 spiro atoms. The maximum absolute atomic E-state index is 12.7. The van der Waals surface area contributed by atoms with Gasteiger partial charge in [-0.2, -0.15) is 0 Å². The average molecular weight is 398 g/mol. The average Bonchev–Trinajstić information content (AvgIpc) is 2.78.